The first-order valence-electron chi connectivity index (χ1n) is 6.79. The first kappa shape index (κ1) is 14.3. The summed E-state index contributed by atoms with van der Waals surface area (Å²) in [6.07, 6.45) is 2.73. The van der Waals surface area contributed by atoms with Crippen molar-refractivity contribution in [1.82, 2.24) is 10.3 Å². The Morgan fingerprint density at radius 3 is 2.58 bits per heavy atom. The Balaban J connectivity index is 2.05. The lowest BCUT2D eigenvalue weighted by Crippen LogP contribution is -2.36. The molecular weight excluding hydrogens is 240 g/mol. The standard InChI is InChI=1S/C15H24N2O2/c1-14(2)8-13(15(3,4)19-14)18-12-7-6-11(9-16-5)17-10-12/h6-7,10,13,16H,8-9H2,1-5H3. The van der Waals surface area contributed by atoms with Crippen molar-refractivity contribution in [2.75, 3.05) is 7.05 Å². The molecule has 1 saturated heterocycles. The number of nitrogens with zero attached hydrogens (tertiary/aromatic N) is 1. The zero-order valence-corrected chi connectivity index (χ0v) is 12.5. The van der Waals surface area contributed by atoms with Gasteiger partial charge in [0.15, 0.2) is 0 Å². The zero-order valence-electron chi connectivity index (χ0n) is 12.5. The largest absolute Gasteiger partial charge is 0.486 e. The Morgan fingerprint density at radius 2 is 2.11 bits per heavy atom. The van der Waals surface area contributed by atoms with E-state index >= 15 is 0 Å². The Kier molecular flexibility index (Phi) is 3.83. The predicted molar refractivity (Wildman–Crippen MR) is 75.3 cm³/mol. The smallest absolute Gasteiger partial charge is 0.138 e. The highest BCUT2D eigenvalue weighted by Crippen LogP contribution is 2.39. The molecule has 0 bridgehead atoms. The van der Waals surface area contributed by atoms with Crippen LogP contribution in [0.15, 0.2) is 18.3 Å². The van der Waals surface area contributed by atoms with Crippen LogP contribution in [0.4, 0.5) is 0 Å². The van der Waals surface area contributed by atoms with Gasteiger partial charge in [-0.05, 0) is 46.9 Å². The number of hydrogen-bond acceptors (Lipinski definition) is 4. The van der Waals surface area contributed by atoms with Crippen LogP contribution in [0.25, 0.3) is 0 Å². The van der Waals surface area contributed by atoms with Crippen LogP contribution < -0.4 is 10.1 Å². The quantitative estimate of drug-likeness (QED) is 0.907. The summed E-state index contributed by atoms with van der Waals surface area (Å²) in [6.45, 7) is 9.13. The summed E-state index contributed by atoms with van der Waals surface area (Å²) in [4.78, 5) is 4.37. The average Bonchev–Trinajstić information content (AvgIpc) is 2.50. The minimum absolute atomic E-state index is 0.0550. The lowest BCUT2D eigenvalue weighted by molar-refractivity contribution is -0.0846. The number of nitrogens with one attached hydrogen (secondary N) is 1. The van der Waals surface area contributed by atoms with Gasteiger partial charge < -0.3 is 14.8 Å². The summed E-state index contributed by atoms with van der Waals surface area (Å²) in [7, 11) is 1.91. The van der Waals surface area contributed by atoms with Crippen molar-refractivity contribution in [1.29, 1.82) is 0 Å². The van der Waals surface area contributed by atoms with Gasteiger partial charge in [-0.15, -0.1) is 0 Å². The molecule has 1 aliphatic heterocycles. The van der Waals surface area contributed by atoms with Crippen molar-refractivity contribution < 1.29 is 9.47 Å². The fraction of sp³-hybridized carbons (Fsp3) is 0.667. The number of rotatable bonds is 4. The van der Waals surface area contributed by atoms with Crippen molar-refractivity contribution in [2.24, 2.45) is 0 Å². The van der Waals surface area contributed by atoms with E-state index in [4.69, 9.17) is 9.47 Å². The normalized spacial score (nSPS) is 24.4. The highest BCUT2D eigenvalue weighted by Gasteiger charge is 2.47. The molecule has 1 N–H and O–H groups in total. The van der Waals surface area contributed by atoms with Gasteiger partial charge in [0.1, 0.15) is 17.5 Å². The van der Waals surface area contributed by atoms with Crippen molar-refractivity contribution >= 4 is 0 Å². The molecule has 0 spiro atoms. The molecule has 1 atom stereocenters. The van der Waals surface area contributed by atoms with Crippen LogP contribution in [0.1, 0.15) is 39.8 Å². The van der Waals surface area contributed by atoms with Crippen molar-refractivity contribution in [3.63, 3.8) is 0 Å². The highest BCUT2D eigenvalue weighted by molar-refractivity contribution is 5.21. The molecule has 1 unspecified atom stereocenters. The first-order valence-corrected chi connectivity index (χ1v) is 6.79. The first-order chi connectivity index (χ1) is 8.82. The summed E-state index contributed by atoms with van der Waals surface area (Å²) in [5.41, 5.74) is 0.609. The van der Waals surface area contributed by atoms with Gasteiger partial charge in [0, 0.05) is 13.0 Å². The Morgan fingerprint density at radius 1 is 1.37 bits per heavy atom. The molecule has 1 aliphatic rings. The van der Waals surface area contributed by atoms with Gasteiger partial charge in [0.05, 0.1) is 17.5 Å². The minimum atomic E-state index is -0.271. The third kappa shape index (κ3) is 3.45. The summed E-state index contributed by atoms with van der Waals surface area (Å²) in [5, 5.41) is 3.08. The molecule has 19 heavy (non-hydrogen) atoms. The second kappa shape index (κ2) is 5.10. The van der Waals surface area contributed by atoms with E-state index in [1.54, 1.807) is 6.20 Å². The summed E-state index contributed by atoms with van der Waals surface area (Å²) < 4.78 is 12.1. The molecule has 0 amide bonds. The van der Waals surface area contributed by atoms with Crippen LogP contribution in [-0.2, 0) is 11.3 Å². The van der Waals surface area contributed by atoms with Crippen LogP contribution in [0.2, 0.25) is 0 Å². The maximum atomic E-state index is 6.05. The molecule has 106 valence electrons. The molecule has 0 aromatic carbocycles. The molecule has 4 heteroatoms. The van der Waals surface area contributed by atoms with E-state index in [1.807, 2.05) is 19.2 Å². The maximum Gasteiger partial charge on any atom is 0.138 e. The molecule has 1 aromatic rings. The predicted octanol–water partition coefficient (Wildman–Crippen LogP) is 2.53. The van der Waals surface area contributed by atoms with Crippen LogP contribution >= 0.6 is 0 Å². The van der Waals surface area contributed by atoms with E-state index in [0.717, 1.165) is 24.4 Å². The Bertz CT molecular complexity index is 426. The minimum Gasteiger partial charge on any atom is -0.486 e. The van der Waals surface area contributed by atoms with Gasteiger partial charge in [-0.25, -0.2) is 0 Å². The SMILES string of the molecule is CNCc1ccc(OC2CC(C)(C)OC2(C)C)cn1. The van der Waals surface area contributed by atoms with Crippen LogP contribution in [-0.4, -0.2) is 29.3 Å². The van der Waals surface area contributed by atoms with Crippen molar-refractivity contribution in [3.05, 3.63) is 24.0 Å². The molecule has 0 saturated carbocycles. The third-order valence-electron chi connectivity index (χ3n) is 3.43. The molecule has 1 fully saturated rings. The number of aromatic nitrogens is 1. The molecule has 1 aromatic heterocycles. The lowest BCUT2D eigenvalue weighted by Gasteiger charge is -2.27. The molecule has 0 aliphatic carbocycles. The number of pyridine rings is 1. The Hall–Kier alpha value is -1.13. The van der Waals surface area contributed by atoms with Gasteiger partial charge >= 0.3 is 0 Å². The van der Waals surface area contributed by atoms with Gasteiger partial charge in [0.2, 0.25) is 0 Å². The average molecular weight is 264 g/mol. The molecule has 2 rings (SSSR count). The van der Waals surface area contributed by atoms with Crippen molar-refractivity contribution in [3.8, 4) is 5.75 Å². The van der Waals surface area contributed by atoms with E-state index in [2.05, 4.69) is 38.0 Å². The lowest BCUT2D eigenvalue weighted by atomic mass is 9.97. The summed E-state index contributed by atoms with van der Waals surface area (Å²) in [5.74, 6) is 0.805. The van der Waals surface area contributed by atoms with E-state index in [-0.39, 0.29) is 17.3 Å². The highest BCUT2D eigenvalue weighted by atomic mass is 16.6. The van der Waals surface area contributed by atoms with E-state index in [1.165, 1.54) is 0 Å². The number of hydrogen-bond donors (Lipinski definition) is 1. The third-order valence-corrected chi connectivity index (χ3v) is 3.43. The van der Waals surface area contributed by atoms with E-state index < -0.39 is 0 Å². The molecule has 4 nitrogen and oxygen atoms in total. The second-order valence-corrected chi connectivity index (χ2v) is 6.29. The number of ether oxygens (including phenoxy) is 2. The van der Waals surface area contributed by atoms with Gasteiger partial charge in [0.25, 0.3) is 0 Å². The van der Waals surface area contributed by atoms with E-state index in [9.17, 15) is 0 Å². The molecule has 2 heterocycles. The van der Waals surface area contributed by atoms with Crippen LogP contribution in [0.3, 0.4) is 0 Å². The fourth-order valence-electron chi connectivity index (χ4n) is 2.63. The van der Waals surface area contributed by atoms with Crippen molar-refractivity contribution in [2.45, 2.75) is 58.0 Å². The van der Waals surface area contributed by atoms with Gasteiger partial charge in [-0.3, -0.25) is 4.98 Å². The molecule has 0 radical (unpaired) electrons. The van der Waals surface area contributed by atoms with Crippen LogP contribution in [0, 0.1) is 0 Å². The van der Waals surface area contributed by atoms with Gasteiger partial charge in [-0.1, -0.05) is 0 Å². The van der Waals surface area contributed by atoms with Gasteiger partial charge in [-0.2, -0.15) is 0 Å². The topological polar surface area (TPSA) is 43.4 Å². The molecular formula is C15H24N2O2. The van der Waals surface area contributed by atoms with Crippen LogP contribution in [0.5, 0.6) is 5.75 Å². The van der Waals surface area contributed by atoms with E-state index in [0.29, 0.717) is 0 Å². The second-order valence-electron chi connectivity index (χ2n) is 6.29. The zero-order chi connectivity index (χ0) is 14.1. The fourth-order valence-corrected chi connectivity index (χ4v) is 2.63. The summed E-state index contributed by atoms with van der Waals surface area (Å²) in [6, 6.07) is 3.96. The monoisotopic (exact) mass is 264 g/mol. The Labute approximate surface area is 115 Å². The maximum absolute atomic E-state index is 6.05. The summed E-state index contributed by atoms with van der Waals surface area (Å²) >= 11 is 0.